The molecular weight excluding hydrogens is 428 g/mol. The van der Waals surface area contributed by atoms with E-state index in [0.717, 1.165) is 23.9 Å². The standard InChI is InChI=1S/C20H21F2N5OS2/c1-12(27-18(24-25-20(27)29)17-3-2-8-30-17)19(28)23-10-13-6-7-26(11-13)14-4-5-15(21)16(22)9-14/h2-5,8-9,12-13H,6-7,10-11H2,1H3,(H,23,28)(H,25,29). The zero-order chi connectivity index (χ0) is 21.3. The van der Waals surface area contributed by atoms with Crippen LogP contribution in [-0.2, 0) is 4.79 Å². The van der Waals surface area contributed by atoms with E-state index in [1.54, 1.807) is 17.6 Å². The number of hydrogen-bond acceptors (Lipinski definition) is 5. The topological polar surface area (TPSA) is 66.0 Å². The van der Waals surface area contributed by atoms with Crippen LogP contribution >= 0.6 is 23.6 Å². The van der Waals surface area contributed by atoms with Crippen LogP contribution in [0.2, 0.25) is 0 Å². The number of anilines is 1. The third-order valence-corrected chi connectivity index (χ3v) is 6.49. The number of rotatable bonds is 6. The molecule has 3 heterocycles. The molecule has 0 saturated carbocycles. The molecule has 2 atom stereocenters. The van der Waals surface area contributed by atoms with Crippen molar-refractivity contribution in [2.45, 2.75) is 19.4 Å². The number of benzene rings is 1. The Morgan fingerprint density at radius 2 is 2.23 bits per heavy atom. The van der Waals surface area contributed by atoms with Crippen LogP contribution in [0.3, 0.4) is 0 Å². The maximum atomic E-state index is 13.5. The van der Waals surface area contributed by atoms with E-state index in [1.807, 2.05) is 22.4 Å². The first-order valence-corrected chi connectivity index (χ1v) is 10.9. The number of aromatic nitrogens is 3. The number of nitrogens with zero attached hydrogens (tertiary/aromatic N) is 3. The lowest BCUT2D eigenvalue weighted by Gasteiger charge is -2.20. The molecule has 1 aromatic carbocycles. The van der Waals surface area contributed by atoms with Gasteiger partial charge in [-0.05, 0) is 55.1 Å². The van der Waals surface area contributed by atoms with Crippen LogP contribution in [0.5, 0.6) is 0 Å². The Balaban J connectivity index is 1.37. The Morgan fingerprint density at radius 1 is 1.40 bits per heavy atom. The van der Waals surface area contributed by atoms with Gasteiger partial charge in [0, 0.05) is 31.4 Å². The number of halogens is 2. The molecule has 0 bridgehead atoms. The average Bonchev–Trinajstić information content (AvgIpc) is 3.48. The molecule has 2 N–H and O–H groups in total. The van der Waals surface area contributed by atoms with Crippen molar-refractivity contribution in [1.82, 2.24) is 20.1 Å². The lowest BCUT2D eigenvalue weighted by molar-refractivity contribution is -0.124. The largest absolute Gasteiger partial charge is 0.371 e. The fourth-order valence-corrected chi connectivity index (χ4v) is 4.67. The van der Waals surface area contributed by atoms with E-state index in [0.29, 0.717) is 29.4 Å². The van der Waals surface area contributed by atoms with Crippen LogP contribution in [-0.4, -0.2) is 40.3 Å². The molecule has 1 aliphatic rings. The van der Waals surface area contributed by atoms with E-state index in [1.165, 1.54) is 17.4 Å². The van der Waals surface area contributed by atoms with Crippen LogP contribution < -0.4 is 10.2 Å². The third-order valence-electron chi connectivity index (χ3n) is 5.33. The molecule has 0 aliphatic carbocycles. The zero-order valence-corrected chi connectivity index (χ0v) is 17.9. The molecule has 10 heteroatoms. The minimum atomic E-state index is -0.851. The van der Waals surface area contributed by atoms with E-state index in [2.05, 4.69) is 15.5 Å². The van der Waals surface area contributed by atoms with Gasteiger partial charge in [0.2, 0.25) is 5.91 Å². The fourth-order valence-electron chi connectivity index (χ4n) is 3.67. The summed E-state index contributed by atoms with van der Waals surface area (Å²) in [7, 11) is 0. The zero-order valence-electron chi connectivity index (χ0n) is 16.3. The van der Waals surface area contributed by atoms with Crippen LogP contribution in [0.15, 0.2) is 35.7 Å². The van der Waals surface area contributed by atoms with Gasteiger partial charge >= 0.3 is 0 Å². The lowest BCUT2D eigenvalue weighted by Crippen LogP contribution is -2.35. The Kier molecular flexibility index (Phi) is 5.96. The van der Waals surface area contributed by atoms with Gasteiger partial charge in [-0.3, -0.25) is 14.5 Å². The minimum absolute atomic E-state index is 0.142. The maximum absolute atomic E-state index is 13.5. The molecular formula is C20H21F2N5OS2. The third kappa shape index (κ3) is 4.15. The molecule has 3 aromatic rings. The van der Waals surface area contributed by atoms with Gasteiger partial charge in [-0.1, -0.05) is 6.07 Å². The first kappa shape index (κ1) is 20.7. The molecule has 1 amide bonds. The number of hydrogen-bond donors (Lipinski definition) is 2. The lowest BCUT2D eigenvalue weighted by atomic mass is 10.1. The summed E-state index contributed by atoms with van der Waals surface area (Å²) in [5, 5.41) is 12.0. The van der Waals surface area contributed by atoms with Crippen molar-refractivity contribution in [3.63, 3.8) is 0 Å². The normalized spacial score (nSPS) is 17.3. The average molecular weight is 450 g/mol. The number of carbonyl (C=O) groups excluding carboxylic acids is 1. The SMILES string of the molecule is CC(C(=O)NCC1CCN(c2ccc(F)c(F)c2)C1)n1c(-c2cccs2)n[nH]c1=S. The summed E-state index contributed by atoms with van der Waals surface area (Å²) < 4.78 is 28.8. The summed E-state index contributed by atoms with van der Waals surface area (Å²) in [6.45, 7) is 3.70. The van der Waals surface area contributed by atoms with Crippen LogP contribution in [0.1, 0.15) is 19.4 Å². The second-order valence-electron chi connectivity index (χ2n) is 7.32. The van der Waals surface area contributed by atoms with Gasteiger partial charge in [0.15, 0.2) is 22.2 Å². The molecule has 6 nitrogen and oxygen atoms in total. The molecule has 2 aromatic heterocycles. The molecule has 1 fully saturated rings. The second-order valence-corrected chi connectivity index (χ2v) is 8.65. The number of amides is 1. The molecule has 0 radical (unpaired) electrons. The van der Waals surface area contributed by atoms with Crippen molar-refractivity contribution < 1.29 is 13.6 Å². The Morgan fingerprint density at radius 3 is 2.97 bits per heavy atom. The summed E-state index contributed by atoms with van der Waals surface area (Å²) >= 11 is 6.86. The van der Waals surface area contributed by atoms with Gasteiger partial charge in [0.1, 0.15) is 6.04 Å². The minimum Gasteiger partial charge on any atom is -0.371 e. The number of aromatic amines is 1. The van der Waals surface area contributed by atoms with Gasteiger partial charge in [0.25, 0.3) is 0 Å². The number of carbonyl (C=O) groups is 1. The maximum Gasteiger partial charge on any atom is 0.242 e. The molecule has 0 spiro atoms. The highest BCUT2D eigenvalue weighted by Crippen LogP contribution is 2.27. The summed E-state index contributed by atoms with van der Waals surface area (Å²) in [6.07, 6.45) is 0.860. The molecule has 30 heavy (non-hydrogen) atoms. The van der Waals surface area contributed by atoms with Gasteiger partial charge in [-0.2, -0.15) is 5.10 Å². The quantitative estimate of drug-likeness (QED) is 0.555. The van der Waals surface area contributed by atoms with E-state index >= 15 is 0 Å². The Bertz CT molecular complexity index is 1100. The summed E-state index contributed by atoms with van der Waals surface area (Å²) in [5.74, 6) is -0.977. The van der Waals surface area contributed by atoms with Gasteiger partial charge in [-0.15, -0.1) is 11.3 Å². The Labute approximate surface area is 181 Å². The van der Waals surface area contributed by atoms with Crippen molar-refractivity contribution in [2.75, 3.05) is 24.5 Å². The van der Waals surface area contributed by atoms with E-state index in [-0.39, 0.29) is 11.8 Å². The van der Waals surface area contributed by atoms with E-state index in [4.69, 9.17) is 12.2 Å². The highest BCUT2D eigenvalue weighted by atomic mass is 32.1. The fraction of sp³-hybridized carbons (Fsp3) is 0.350. The predicted octanol–water partition coefficient (Wildman–Crippen LogP) is 4.15. The van der Waals surface area contributed by atoms with Crippen LogP contribution in [0.4, 0.5) is 14.5 Å². The van der Waals surface area contributed by atoms with Crippen LogP contribution in [0, 0.1) is 22.3 Å². The summed E-state index contributed by atoms with van der Waals surface area (Å²) in [4.78, 5) is 15.7. The number of nitrogens with one attached hydrogen (secondary N) is 2. The highest BCUT2D eigenvalue weighted by Gasteiger charge is 2.26. The monoisotopic (exact) mass is 449 g/mol. The first-order chi connectivity index (χ1) is 14.4. The first-order valence-electron chi connectivity index (χ1n) is 9.62. The summed E-state index contributed by atoms with van der Waals surface area (Å²) in [6, 6.07) is 7.27. The predicted molar refractivity (Wildman–Crippen MR) is 115 cm³/mol. The second kappa shape index (κ2) is 8.65. The Hall–Kier alpha value is -2.59. The van der Waals surface area contributed by atoms with Gasteiger partial charge in [0.05, 0.1) is 4.88 Å². The van der Waals surface area contributed by atoms with Crippen molar-refractivity contribution in [2.24, 2.45) is 5.92 Å². The molecule has 158 valence electrons. The van der Waals surface area contributed by atoms with Gasteiger partial charge < -0.3 is 10.2 Å². The molecule has 1 aliphatic heterocycles. The van der Waals surface area contributed by atoms with Crippen molar-refractivity contribution in [3.05, 3.63) is 52.1 Å². The van der Waals surface area contributed by atoms with E-state index < -0.39 is 17.7 Å². The van der Waals surface area contributed by atoms with Gasteiger partial charge in [-0.25, -0.2) is 8.78 Å². The van der Waals surface area contributed by atoms with Crippen LogP contribution in [0.25, 0.3) is 10.7 Å². The molecule has 4 rings (SSSR count). The number of H-pyrrole nitrogens is 1. The summed E-state index contributed by atoms with van der Waals surface area (Å²) in [5.41, 5.74) is 0.654. The molecule has 2 unspecified atom stereocenters. The van der Waals surface area contributed by atoms with Crippen molar-refractivity contribution >= 4 is 35.1 Å². The van der Waals surface area contributed by atoms with Crippen molar-refractivity contribution in [1.29, 1.82) is 0 Å². The highest BCUT2D eigenvalue weighted by molar-refractivity contribution is 7.71. The smallest absolute Gasteiger partial charge is 0.242 e. The number of thiophene rings is 1. The molecule has 1 saturated heterocycles. The van der Waals surface area contributed by atoms with Crippen molar-refractivity contribution in [3.8, 4) is 10.7 Å². The van der Waals surface area contributed by atoms with E-state index in [9.17, 15) is 13.6 Å².